The predicted octanol–water partition coefficient (Wildman–Crippen LogP) is 3.08. The van der Waals surface area contributed by atoms with Gasteiger partial charge in [-0.1, -0.05) is 6.92 Å². The third-order valence-corrected chi connectivity index (χ3v) is 5.08. The molecule has 0 spiro atoms. The minimum atomic E-state index is 0.404. The molecule has 1 atom stereocenters. The Bertz CT molecular complexity index is 284. The summed E-state index contributed by atoms with van der Waals surface area (Å²) in [5.74, 6) is 1.15. The molecule has 0 aromatic carbocycles. The minimum absolute atomic E-state index is 0.404. The van der Waals surface area contributed by atoms with Crippen LogP contribution in [0.2, 0.25) is 0 Å². The van der Waals surface area contributed by atoms with Crippen LogP contribution in [0.4, 0.5) is 0 Å². The highest BCUT2D eigenvalue weighted by molar-refractivity contribution is 5.76. The van der Waals surface area contributed by atoms with Crippen LogP contribution in [0.3, 0.4) is 0 Å². The second kappa shape index (κ2) is 7.28. The fourth-order valence-corrected chi connectivity index (χ4v) is 3.70. The first-order chi connectivity index (χ1) is 9.20. The van der Waals surface area contributed by atoms with Gasteiger partial charge in [0.2, 0.25) is 5.91 Å². The molecule has 1 unspecified atom stereocenters. The Morgan fingerprint density at radius 1 is 1.16 bits per heavy atom. The van der Waals surface area contributed by atoms with Gasteiger partial charge >= 0.3 is 0 Å². The van der Waals surface area contributed by atoms with Gasteiger partial charge in [0.05, 0.1) is 0 Å². The number of likely N-dealkylation sites (tertiary alicyclic amines) is 1. The Morgan fingerprint density at radius 2 is 1.89 bits per heavy atom. The van der Waals surface area contributed by atoms with E-state index in [4.69, 9.17) is 5.73 Å². The van der Waals surface area contributed by atoms with E-state index in [1.807, 2.05) is 0 Å². The van der Waals surface area contributed by atoms with Crippen molar-refractivity contribution in [1.29, 1.82) is 0 Å². The van der Waals surface area contributed by atoms with Crippen LogP contribution in [0.15, 0.2) is 0 Å². The van der Waals surface area contributed by atoms with Gasteiger partial charge in [0.25, 0.3) is 0 Å². The van der Waals surface area contributed by atoms with Crippen molar-refractivity contribution >= 4 is 5.91 Å². The van der Waals surface area contributed by atoms with Crippen LogP contribution < -0.4 is 5.73 Å². The molecule has 1 heterocycles. The molecule has 1 saturated heterocycles. The first kappa shape index (κ1) is 14.8. The van der Waals surface area contributed by atoms with Crippen molar-refractivity contribution in [2.45, 2.75) is 83.2 Å². The summed E-state index contributed by atoms with van der Waals surface area (Å²) in [4.78, 5) is 14.5. The summed E-state index contributed by atoms with van der Waals surface area (Å²) in [5, 5.41) is 0. The smallest absolute Gasteiger partial charge is 0.222 e. The summed E-state index contributed by atoms with van der Waals surface area (Å²) in [5.41, 5.74) is 5.93. The number of rotatable bonds is 4. The molecule has 1 aliphatic heterocycles. The molecular formula is C16H30N2O. The molecule has 110 valence electrons. The Hall–Kier alpha value is -0.570. The van der Waals surface area contributed by atoms with Gasteiger partial charge in [-0.15, -0.1) is 0 Å². The zero-order valence-electron chi connectivity index (χ0n) is 12.4. The highest BCUT2D eigenvalue weighted by Gasteiger charge is 2.26. The minimum Gasteiger partial charge on any atom is -0.340 e. The molecular weight excluding hydrogens is 236 g/mol. The number of nitrogens with two attached hydrogens (primary N) is 1. The first-order valence-electron chi connectivity index (χ1n) is 8.25. The summed E-state index contributed by atoms with van der Waals surface area (Å²) in [7, 11) is 0. The lowest BCUT2D eigenvalue weighted by Crippen LogP contribution is -2.43. The van der Waals surface area contributed by atoms with Crippen molar-refractivity contribution in [2.24, 2.45) is 11.7 Å². The number of amides is 1. The van der Waals surface area contributed by atoms with Crippen LogP contribution in [0.5, 0.6) is 0 Å². The van der Waals surface area contributed by atoms with Crippen LogP contribution >= 0.6 is 0 Å². The second-order valence-electron chi connectivity index (χ2n) is 6.46. The molecule has 1 saturated carbocycles. The van der Waals surface area contributed by atoms with Crippen LogP contribution in [0, 0.1) is 5.92 Å². The molecule has 2 rings (SSSR count). The topological polar surface area (TPSA) is 46.3 Å². The van der Waals surface area contributed by atoms with E-state index in [-0.39, 0.29) is 0 Å². The molecule has 1 aliphatic carbocycles. The van der Waals surface area contributed by atoms with Gasteiger partial charge in [0.1, 0.15) is 0 Å². The van der Waals surface area contributed by atoms with E-state index in [1.54, 1.807) is 0 Å². The van der Waals surface area contributed by atoms with E-state index < -0.39 is 0 Å². The van der Waals surface area contributed by atoms with Gasteiger partial charge in [0.15, 0.2) is 0 Å². The van der Waals surface area contributed by atoms with Gasteiger partial charge < -0.3 is 10.6 Å². The van der Waals surface area contributed by atoms with Crippen molar-refractivity contribution in [1.82, 2.24) is 4.90 Å². The summed E-state index contributed by atoms with van der Waals surface area (Å²) in [6, 6.07) is 0.930. The Kier molecular flexibility index (Phi) is 5.68. The van der Waals surface area contributed by atoms with E-state index in [2.05, 4.69) is 11.8 Å². The van der Waals surface area contributed by atoms with Crippen molar-refractivity contribution in [3.63, 3.8) is 0 Å². The molecule has 2 N–H and O–H groups in total. The average Bonchev–Trinajstić information content (AvgIpc) is 2.46. The second-order valence-corrected chi connectivity index (χ2v) is 6.46. The number of carbonyl (C=O) groups is 1. The molecule has 0 aromatic rings. The summed E-state index contributed by atoms with van der Waals surface area (Å²) in [6.07, 6.45) is 11.4. The summed E-state index contributed by atoms with van der Waals surface area (Å²) in [6.45, 7) is 3.20. The van der Waals surface area contributed by atoms with E-state index >= 15 is 0 Å². The van der Waals surface area contributed by atoms with Crippen LogP contribution in [-0.4, -0.2) is 29.4 Å². The fourth-order valence-electron chi connectivity index (χ4n) is 3.70. The van der Waals surface area contributed by atoms with Gasteiger partial charge in [0, 0.05) is 25.0 Å². The lowest BCUT2D eigenvalue weighted by molar-refractivity contribution is -0.135. The van der Waals surface area contributed by atoms with Crippen LogP contribution in [-0.2, 0) is 4.79 Å². The molecule has 1 amide bonds. The number of carbonyl (C=O) groups excluding carboxylic acids is 1. The third kappa shape index (κ3) is 4.20. The maximum absolute atomic E-state index is 12.4. The zero-order valence-corrected chi connectivity index (χ0v) is 12.4. The van der Waals surface area contributed by atoms with Gasteiger partial charge in [-0.05, 0) is 63.7 Å². The van der Waals surface area contributed by atoms with E-state index in [9.17, 15) is 4.79 Å². The maximum atomic E-state index is 12.4. The number of nitrogens with zero attached hydrogens (tertiary/aromatic N) is 1. The molecule has 19 heavy (non-hydrogen) atoms. The molecule has 3 heteroatoms. The number of hydrogen-bond acceptors (Lipinski definition) is 2. The maximum Gasteiger partial charge on any atom is 0.222 e. The normalized spacial score (nSPS) is 32.3. The Morgan fingerprint density at radius 3 is 2.58 bits per heavy atom. The first-order valence-corrected chi connectivity index (χ1v) is 8.25. The van der Waals surface area contributed by atoms with Crippen molar-refractivity contribution in [3.8, 4) is 0 Å². The van der Waals surface area contributed by atoms with E-state index in [0.29, 0.717) is 18.0 Å². The Labute approximate surface area is 117 Å². The molecule has 2 aliphatic rings. The zero-order chi connectivity index (χ0) is 13.7. The molecule has 0 radical (unpaired) electrons. The third-order valence-electron chi connectivity index (χ3n) is 5.08. The van der Waals surface area contributed by atoms with Crippen molar-refractivity contribution < 1.29 is 4.79 Å². The lowest BCUT2D eigenvalue weighted by Gasteiger charge is -2.36. The van der Waals surface area contributed by atoms with Crippen LogP contribution in [0.25, 0.3) is 0 Å². The largest absolute Gasteiger partial charge is 0.340 e. The monoisotopic (exact) mass is 266 g/mol. The number of piperidine rings is 1. The van der Waals surface area contributed by atoms with Gasteiger partial charge in [-0.3, -0.25) is 4.79 Å². The quantitative estimate of drug-likeness (QED) is 0.850. The predicted molar refractivity (Wildman–Crippen MR) is 78.8 cm³/mol. The molecule has 3 nitrogen and oxygen atoms in total. The van der Waals surface area contributed by atoms with E-state index in [1.165, 1.54) is 32.1 Å². The highest BCUT2D eigenvalue weighted by atomic mass is 16.2. The summed E-state index contributed by atoms with van der Waals surface area (Å²) < 4.78 is 0. The molecule has 0 bridgehead atoms. The summed E-state index contributed by atoms with van der Waals surface area (Å²) >= 11 is 0. The van der Waals surface area contributed by atoms with E-state index in [0.717, 1.165) is 44.6 Å². The number of hydrogen-bond donors (Lipinski definition) is 1. The molecule has 2 fully saturated rings. The van der Waals surface area contributed by atoms with Crippen molar-refractivity contribution in [3.05, 3.63) is 0 Å². The SMILES string of the molecule is CCC1CCCCN1C(=O)CCC1CCC(N)CC1. The van der Waals surface area contributed by atoms with Gasteiger partial charge in [-0.25, -0.2) is 0 Å². The molecule has 0 aromatic heterocycles. The lowest BCUT2D eigenvalue weighted by atomic mass is 9.83. The Balaban J connectivity index is 1.74. The van der Waals surface area contributed by atoms with Crippen LogP contribution in [0.1, 0.15) is 71.1 Å². The van der Waals surface area contributed by atoms with Crippen molar-refractivity contribution in [2.75, 3.05) is 6.54 Å². The standard InChI is InChI=1S/C16H30N2O/c1-2-15-5-3-4-12-18(15)16(19)11-8-13-6-9-14(17)10-7-13/h13-15H,2-12,17H2,1H3. The highest BCUT2D eigenvalue weighted by Crippen LogP contribution is 2.28. The fraction of sp³-hybridized carbons (Fsp3) is 0.938. The average molecular weight is 266 g/mol. The van der Waals surface area contributed by atoms with Gasteiger partial charge in [-0.2, -0.15) is 0 Å².